The van der Waals surface area contributed by atoms with Gasteiger partial charge in [-0.05, 0) is 37.1 Å². The number of rotatable bonds is 9. The Morgan fingerprint density at radius 2 is 1.90 bits per heavy atom. The molecule has 1 amide bonds. The predicted octanol–water partition coefficient (Wildman–Crippen LogP) is 4.70. The number of carbonyl (C=O) groups is 1. The van der Waals surface area contributed by atoms with Crippen LogP contribution in [0, 0.1) is 5.82 Å². The van der Waals surface area contributed by atoms with E-state index in [-0.39, 0.29) is 11.5 Å². The molecule has 3 aromatic heterocycles. The van der Waals surface area contributed by atoms with E-state index in [9.17, 15) is 9.18 Å². The lowest BCUT2D eigenvalue weighted by atomic mass is 9.96. The van der Waals surface area contributed by atoms with E-state index < -0.39 is 11.7 Å². The number of carbonyl (C=O) groups excluding carboxylic acids is 1. The van der Waals surface area contributed by atoms with Crippen molar-refractivity contribution in [1.82, 2.24) is 30.2 Å². The van der Waals surface area contributed by atoms with Crippen molar-refractivity contribution >= 4 is 28.4 Å². The second-order valence-corrected chi connectivity index (χ2v) is 10.2. The fourth-order valence-electron chi connectivity index (χ4n) is 5.19. The number of hydrogen-bond acceptors (Lipinski definition) is 8. The number of para-hydroxylation sites is 1. The van der Waals surface area contributed by atoms with Crippen molar-refractivity contribution in [3.63, 3.8) is 0 Å². The van der Waals surface area contributed by atoms with Gasteiger partial charge in [-0.2, -0.15) is 0 Å². The van der Waals surface area contributed by atoms with E-state index in [2.05, 4.69) is 54.6 Å². The number of hydrogen-bond donors (Lipinski definition) is 3. The highest BCUT2D eigenvalue weighted by Crippen LogP contribution is 2.28. The molecule has 40 heavy (non-hydrogen) atoms. The van der Waals surface area contributed by atoms with Gasteiger partial charge in [0.15, 0.2) is 5.82 Å². The van der Waals surface area contributed by atoms with Gasteiger partial charge in [-0.1, -0.05) is 32.0 Å². The van der Waals surface area contributed by atoms with Gasteiger partial charge in [0.05, 0.1) is 23.0 Å². The lowest BCUT2D eigenvalue weighted by Crippen LogP contribution is -2.38. The first kappa shape index (κ1) is 27.4. The third-order valence-electron chi connectivity index (χ3n) is 7.57. The number of fused-ring (bicyclic) bond motifs is 1. The Hall–Kier alpha value is -4.18. The summed E-state index contributed by atoms with van der Waals surface area (Å²) in [7, 11) is 1.49. The van der Waals surface area contributed by atoms with Crippen LogP contribution in [0.3, 0.4) is 0 Å². The Morgan fingerprint density at radius 1 is 1.07 bits per heavy atom. The summed E-state index contributed by atoms with van der Waals surface area (Å²) in [6.07, 6.45) is 6.73. The van der Waals surface area contributed by atoms with Crippen LogP contribution in [0.2, 0.25) is 0 Å². The van der Waals surface area contributed by atoms with Crippen molar-refractivity contribution in [2.24, 2.45) is 0 Å². The van der Waals surface area contributed by atoms with E-state index in [1.165, 1.54) is 13.4 Å². The molecule has 0 bridgehead atoms. The Kier molecular flexibility index (Phi) is 8.45. The molecule has 208 valence electrons. The maximum Gasteiger partial charge on any atom is 0.254 e. The largest absolute Gasteiger partial charge is 0.369 e. The number of nitrogens with zero attached hydrogens (tertiary/aromatic N) is 5. The Balaban J connectivity index is 1.25. The maximum atomic E-state index is 14.4. The number of anilines is 2. The summed E-state index contributed by atoms with van der Waals surface area (Å²) < 4.78 is 14.4. The van der Waals surface area contributed by atoms with Crippen LogP contribution in [0.5, 0.6) is 0 Å². The van der Waals surface area contributed by atoms with Crippen LogP contribution in [0.15, 0.2) is 55.1 Å². The second-order valence-electron chi connectivity index (χ2n) is 10.2. The zero-order valence-corrected chi connectivity index (χ0v) is 23.1. The standard InChI is InChI=1S/C30H35FN8O/c1-4-39-12-10-21(11-13-39)38-26-9-8-20(16-34-26)25-14-27(37-18-36-25)33-15-19(2)22-6-5-7-23-28(30(40)32-3)24(31)17-35-29(22)23/h5-9,14,16-19,21H,4,10-13,15H2,1-3H3,(H,32,40)(H,34,38)(H,33,36,37)/t19-/m1/s1. The first-order valence-corrected chi connectivity index (χ1v) is 13.8. The summed E-state index contributed by atoms with van der Waals surface area (Å²) in [5.41, 5.74) is 3.21. The van der Waals surface area contributed by atoms with Gasteiger partial charge in [-0.15, -0.1) is 0 Å². The van der Waals surface area contributed by atoms with E-state index in [0.717, 1.165) is 61.3 Å². The molecule has 1 saturated heterocycles. The fraction of sp³-hybridized carbons (Fsp3) is 0.367. The average molecular weight is 543 g/mol. The summed E-state index contributed by atoms with van der Waals surface area (Å²) in [4.78, 5) is 32.5. The van der Waals surface area contributed by atoms with Gasteiger partial charge >= 0.3 is 0 Å². The molecule has 0 spiro atoms. The first-order chi connectivity index (χ1) is 19.5. The quantitative estimate of drug-likeness (QED) is 0.279. The molecule has 0 aliphatic carbocycles. The van der Waals surface area contributed by atoms with Gasteiger partial charge in [-0.3, -0.25) is 9.78 Å². The summed E-state index contributed by atoms with van der Waals surface area (Å²) in [6.45, 7) is 8.16. The van der Waals surface area contributed by atoms with Gasteiger partial charge in [0.25, 0.3) is 5.91 Å². The number of pyridine rings is 2. The lowest BCUT2D eigenvalue weighted by molar-refractivity contribution is 0.0960. The highest BCUT2D eigenvalue weighted by molar-refractivity contribution is 6.06. The lowest BCUT2D eigenvalue weighted by Gasteiger charge is -2.31. The molecule has 1 fully saturated rings. The Labute approximate surface area is 233 Å². The van der Waals surface area contributed by atoms with Crippen LogP contribution >= 0.6 is 0 Å². The van der Waals surface area contributed by atoms with E-state index in [1.807, 2.05) is 36.5 Å². The van der Waals surface area contributed by atoms with Gasteiger partial charge in [0.1, 0.15) is 18.0 Å². The molecule has 1 aliphatic heterocycles. The number of amides is 1. The summed E-state index contributed by atoms with van der Waals surface area (Å²) in [6, 6.07) is 11.9. The zero-order chi connectivity index (χ0) is 28.1. The Morgan fingerprint density at radius 3 is 2.62 bits per heavy atom. The van der Waals surface area contributed by atoms with Crippen LogP contribution in [-0.2, 0) is 0 Å². The van der Waals surface area contributed by atoms with Crippen molar-refractivity contribution in [1.29, 1.82) is 0 Å². The van der Waals surface area contributed by atoms with E-state index in [0.29, 0.717) is 29.3 Å². The molecule has 1 aromatic carbocycles. The highest BCUT2D eigenvalue weighted by atomic mass is 19.1. The minimum atomic E-state index is -0.640. The summed E-state index contributed by atoms with van der Waals surface area (Å²) in [5.74, 6) is 0.458. The number of halogens is 1. The third-order valence-corrected chi connectivity index (χ3v) is 7.57. The van der Waals surface area contributed by atoms with Crippen LogP contribution in [0.1, 0.15) is 48.5 Å². The van der Waals surface area contributed by atoms with Crippen LogP contribution in [0.4, 0.5) is 16.0 Å². The molecule has 0 unspecified atom stereocenters. The fourth-order valence-corrected chi connectivity index (χ4v) is 5.19. The van der Waals surface area contributed by atoms with Gasteiger partial charge in [0.2, 0.25) is 0 Å². The second kappa shape index (κ2) is 12.3. The van der Waals surface area contributed by atoms with Crippen molar-refractivity contribution in [2.45, 2.75) is 38.6 Å². The molecule has 1 aliphatic rings. The molecule has 0 saturated carbocycles. The van der Waals surface area contributed by atoms with Gasteiger partial charge < -0.3 is 20.9 Å². The average Bonchev–Trinajstić information content (AvgIpc) is 3.00. The normalized spacial score (nSPS) is 15.1. The number of likely N-dealkylation sites (tertiary alicyclic amines) is 1. The van der Waals surface area contributed by atoms with Crippen LogP contribution in [-0.4, -0.2) is 70.0 Å². The highest BCUT2D eigenvalue weighted by Gasteiger charge is 2.20. The molecular weight excluding hydrogens is 507 g/mol. The minimum Gasteiger partial charge on any atom is -0.369 e. The molecule has 4 heterocycles. The van der Waals surface area contributed by atoms with E-state index in [1.54, 1.807) is 6.07 Å². The zero-order valence-electron chi connectivity index (χ0n) is 23.1. The number of benzene rings is 1. The summed E-state index contributed by atoms with van der Waals surface area (Å²) >= 11 is 0. The first-order valence-electron chi connectivity index (χ1n) is 13.8. The molecular formula is C30H35FN8O. The van der Waals surface area contributed by atoms with Crippen molar-refractivity contribution in [2.75, 3.05) is 43.9 Å². The molecule has 5 rings (SSSR count). The van der Waals surface area contributed by atoms with Gasteiger partial charge in [0, 0.05) is 61.9 Å². The molecule has 9 nitrogen and oxygen atoms in total. The predicted molar refractivity (Wildman–Crippen MR) is 156 cm³/mol. The smallest absolute Gasteiger partial charge is 0.254 e. The molecule has 0 radical (unpaired) electrons. The van der Waals surface area contributed by atoms with Crippen LogP contribution in [0.25, 0.3) is 22.2 Å². The summed E-state index contributed by atoms with van der Waals surface area (Å²) in [5, 5.41) is 9.94. The van der Waals surface area contributed by atoms with Crippen molar-refractivity contribution in [3.05, 3.63) is 72.1 Å². The van der Waals surface area contributed by atoms with Crippen molar-refractivity contribution < 1.29 is 9.18 Å². The number of aromatic nitrogens is 4. The molecule has 10 heteroatoms. The van der Waals surface area contributed by atoms with Gasteiger partial charge in [-0.25, -0.2) is 19.3 Å². The number of piperidine rings is 1. The maximum absolute atomic E-state index is 14.4. The molecule has 3 N–H and O–H groups in total. The van der Waals surface area contributed by atoms with Crippen LogP contribution < -0.4 is 16.0 Å². The Bertz CT molecular complexity index is 1470. The number of nitrogens with one attached hydrogen (secondary N) is 3. The van der Waals surface area contributed by atoms with E-state index in [4.69, 9.17) is 0 Å². The SMILES string of the molecule is CCN1CCC(Nc2ccc(-c3cc(NC[C@@H](C)c4cccc5c(C(=O)NC)c(F)cnc45)ncn3)cn2)CC1. The minimum absolute atomic E-state index is 0.00616. The third kappa shape index (κ3) is 6.02. The van der Waals surface area contributed by atoms with Crippen molar-refractivity contribution in [3.8, 4) is 11.3 Å². The monoisotopic (exact) mass is 542 g/mol. The topological polar surface area (TPSA) is 108 Å². The molecule has 4 aromatic rings. The van der Waals surface area contributed by atoms with E-state index >= 15 is 0 Å². The molecule has 1 atom stereocenters.